The van der Waals surface area contributed by atoms with Crippen LogP contribution in [0, 0.1) is 0 Å². The first-order chi connectivity index (χ1) is 6.50. The van der Waals surface area contributed by atoms with Gasteiger partial charge in [0, 0.05) is 4.47 Å². The van der Waals surface area contributed by atoms with Crippen LogP contribution >= 0.6 is 15.9 Å². The maximum absolute atomic E-state index is 12.9. The molecule has 14 heavy (non-hydrogen) atoms. The quantitative estimate of drug-likeness (QED) is 0.741. The van der Waals surface area contributed by atoms with Gasteiger partial charge in [-0.1, -0.05) is 28.1 Å². The number of hydrogen-bond donors (Lipinski definition) is 0. The molecule has 0 N–H and O–H groups in total. The van der Waals surface area contributed by atoms with Crippen molar-refractivity contribution in [3.63, 3.8) is 0 Å². The van der Waals surface area contributed by atoms with Crippen LogP contribution in [0.15, 0.2) is 22.7 Å². The van der Waals surface area contributed by atoms with Crippen LogP contribution < -0.4 is 0 Å². The second-order valence-corrected chi connectivity index (χ2v) is 5.69. The number of fused-ring (bicyclic) bond motifs is 1. The minimum atomic E-state index is -4.45. The molecule has 5 heteroatoms. The first kappa shape index (κ1) is 10.1. The molecule has 2 nitrogen and oxygen atoms in total. The van der Waals surface area contributed by atoms with Crippen LogP contribution in [0.5, 0.6) is 0 Å². The van der Waals surface area contributed by atoms with Gasteiger partial charge in [-0.15, -0.1) is 3.89 Å². The Morgan fingerprint density at radius 3 is 2.79 bits per heavy atom. The number of benzene rings is 1. The molecule has 76 valence electrons. The molecule has 1 aromatic carbocycles. The molecule has 1 aliphatic rings. The summed E-state index contributed by atoms with van der Waals surface area (Å²) in [5, 5.41) is -0.963. The molecule has 0 fully saturated rings. The summed E-state index contributed by atoms with van der Waals surface area (Å²) in [6.45, 7) is 0. The van der Waals surface area contributed by atoms with Gasteiger partial charge in [-0.3, -0.25) is 0 Å². The van der Waals surface area contributed by atoms with E-state index >= 15 is 0 Å². The first-order valence-corrected chi connectivity index (χ1v) is 6.45. The van der Waals surface area contributed by atoms with E-state index in [1.54, 1.807) is 12.1 Å². The fraction of sp³-hybridized carbons (Fsp3) is 0.333. The molecule has 0 saturated carbocycles. The Balaban J connectivity index is 2.56. The van der Waals surface area contributed by atoms with Crippen LogP contribution in [0.3, 0.4) is 0 Å². The van der Waals surface area contributed by atoms with Crippen LogP contribution in [0.2, 0.25) is 0 Å². The minimum absolute atomic E-state index is 0.344. The van der Waals surface area contributed by atoms with Gasteiger partial charge in [0.1, 0.15) is 5.25 Å². The van der Waals surface area contributed by atoms with Crippen LogP contribution in [0.4, 0.5) is 3.89 Å². The lowest BCUT2D eigenvalue weighted by Crippen LogP contribution is -2.03. The van der Waals surface area contributed by atoms with Gasteiger partial charge < -0.3 is 0 Å². The summed E-state index contributed by atoms with van der Waals surface area (Å²) >= 11 is 3.32. The van der Waals surface area contributed by atoms with Gasteiger partial charge in [-0.25, -0.2) is 0 Å². The third-order valence-electron chi connectivity index (χ3n) is 2.50. The highest BCUT2D eigenvalue weighted by Crippen LogP contribution is 2.40. The van der Waals surface area contributed by atoms with Crippen LogP contribution in [0.1, 0.15) is 22.8 Å². The van der Waals surface area contributed by atoms with Crippen molar-refractivity contribution in [3.05, 3.63) is 33.8 Å². The highest BCUT2D eigenvalue weighted by atomic mass is 79.9. The third kappa shape index (κ3) is 1.59. The fourth-order valence-electron chi connectivity index (χ4n) is 1.86. The summed E-state index contributed by atoms with van der Waals surface area (Å²) < 4.78 is 35.4. The lowest BCUT2D eigenvalue weighted by Gasteiger charge is -2.06. The number of rotatable bonds is 1. The average Bonchev–Trinajstić information content (AvgIpc) is 2.47. The molecular weight excluding hydrogens is 271 g/mol. The molecule has 1 atom stereocenters. The predicted octanol–water partition coefficient (Wildman–Crippen LogP) is 2.74. The van der Waals surface area contributed by atoms with Crippen molar-refractivity contribution in [2.45, 2.75) is 18.1 Å². The smallest absolute Gasteiger partial charge is 0.194 e. The van der Waals surface area contributed by atoms with E-state index in [1.807, 2.05) is 6.07 Å². The zero-order valence-electron chi connectivity index (χ0n) is 7.20. The Morgan fingerprint density at radius 1 is 1.43 bits per heavy atom. The molecule has 0 saturated heterocycles. The molecule has 0 aromatic heterocycles. The summed E-state index contributed by atoms with van der Waals surface area (Å²) in [6.07, 6.45) is 0.960. The Morgan fingerprint density at radius 2 is 2.14 bits per heavy atom. The van der Waals surface area contributed by atoms with Crippen molar-refractivity contribution >= 4 is 26.2 Å². The van der Waals surface area contributed by atoms with Crippen molar-refractivity contribution in [1.82, 2.24) is 0 Å². The van der Waals surface area contributed by atoms with Crippen LogP contribution in [0.25, 0.3) is 0 Å². The lowest BCUT2D eigenvalue weighted by molar-refractivity contribution is 0.535. The normalized spacial score (nSPS) is 20.9. The van der Waals surface area contributed by atoms with Gasteiger partial charge in [-0.2, -0.15) is 8.42 Å². The number of hydrogen-bond acceptors (Lipinski definition) is 2. The molecule has 0 radical (unpaired) electrons. The summed E-state index contributed by atoms with van der Waals surface area (Å²) in [5.74, 6) is 0. The molecule has 1 aromatic rings. The van der Waals surface area contributed by atoms with Gasteiger partial charge in [0.25, 0.3) is 0 Å². The molecule has 0 spiro atoms. The topological polar surface area (TPSA) is 34.1 Å². The summed E-state index contributed by atoms with van der Waals surface area (Å²) in [6, 6.07) is 5.24. The molecule has 0 heterocycles. The minimum Gasteiger partial charge on any atom is -0.194 e. The largest absolute Gasteiger partial charge is 0.309 e. The molecule has 1 unspecified atom stereocenters. The molecule has 1 aliphatic carbocycles. The summed E-state index contributed by atoms with van der Waals surface area (Å²) in [5.41, 5.74) is 1.51. The monoisotopic (exact) mass is 278 g/mol. The SMILES string of the molecule is O=S(=O)(F)C1CCc2c(Br)cccc21. The maximum Gasteiger partial charge on any atom is 0.309 e. The predicted molar refractivity (Wildman–Crippen MR) is 55.2 cm³/mol. The van der Waals surface area contributed by atoms with Crippen LogP contribution in [-0.2, 0) is 16.6 Å². The Labute approximate surface area is 90.5 Å². The van der Waals surface area contributed by atoms with Crippen molar-refractivity contribution in [3.8, 4) is 0 Å². The van der Waals surface area contributed by atoms with Crippen molar-refractivity contribution in [2.75, 3.05) is 0 Å². The zero-order valence-corrected chi connectivity index (χ0v) is 9.61. The van der Waals surface area contributed by atoms with Crippen LogP contribution in [-0.4, -0.2) is 8.42 Å². The summed E-state index contributed by atoms with van der Waals surface area (Å²) in [4.78, 5) is 0. The van der Waals surface area contributed by atoms with E-state index in [9.17, 15) is 12.3 Å². The molecule has 0 bridgehead atoms. The van der Waals surface area contributed by atoms with E-state index in [2.05, 4.69) is 15.9 Å². The second-order valence-electron chi connectivity index (χ2n) is 3.31. The summed E-state index contributed by atoms with van der Waals surface area (Å²) in [7, 11) is -4.45. The van der Waals surface area contributed by atoms with E-state index in [0.29, 0.717) is 18.4 Å². The lowest BCUT2D eigenvalue weighted by atomic mass is 10.1. The van der Waals surface area contributed by atoms with Crippen molar-refractivity contribution < 1.29 is 12.3 Å². The Hall–Kier alpha value is -0.420. The molecule has 0 amide bonds. The van der Waals surface area contributed by atoms with Gasteiger partial charge in [-0.05, 0) is 30.0 Å². The van der Waals surface area contributed by atoms with Gasteiger partial charge in [0.2, 0.25) is 0 Å². The fourth-order valence-corrected chi connectivity index (χ4v) is 3.37. The maximum atomic E-state index is 12.9. The van der Waals surface area contributed by atoms with Gasteiger partial charge >= 0.3 is 10.2 Å². The molecular formula is C9H8BrFO2S. The van der Waals surface area contributed by atoms with E-state index < -0.39 is 15.5 Å². The highest BCUT2D eigenvalue weighted by Gasteiger charge is 2.34. The van der Waals surface area contributed by atoms with E-state index in [1.165, 1.54) is 0 Å². The molecule has 0 aliphatic heterocycles. The van der Waals surface area contributed by atoms with Crippen molar-refractivity contribution in [1.29, 1.82) is 0 Å². The number of halogens is 2. The Bertz CT molecular complexity index is 470. The van der Waals surface area contributed by atoms with Gasteiger partial charge in [0.05, 0.1) is 0 Å². The van der Waals surface area contributed by atoms with E-state index in [-0.39, 0.29) is 0 Å². The first-order valence-electron chi connectivity index (χ1n) is 4.21. The second kappa shape index (κ2) is 3.31. The standard InChI is InChI=1S/C9H8BrFO2S/c10-8-3-1-2-7-6(8)4-5-9(7)14(11,12)13/h1-3,9H,4-5H2. The highest BCUT2D eigenvalue weighted by molar-refractivity contribution is 9.10. The van der Waals surface area contributed by atoms with E-state index in [0.717, 1.165) is 10.0 Å². The average molecular weight is 279 g/mol. The molecule has 2 rings (SSSR count). The van der Waals surface area contributed by atoms with E-state index in [4.69, 9.17) is 0 Å². The van der Waals surface area contributed by atoms with Crippen molar-refractivity contribution in [2.24, 2.45) is 0 Å². The Kier molecular flexibility index (Phi) is 2.39. The zero-order chi connectivity index (χ0) is 10.3. The van der Waals surface area contributed by atoms with Gasteiger partial charge in [0.15, 0.2) is 0 Å². The third-order valence-corrected chi connectivity index (χ3v) is 4.41.